The quantitative estimate of drug-likeness (QED) is 0.377. The Bertz CT molecular complexity index is 1320. The second kappa shape index (κ2) is 9.60. The minimum absolute atomic E-state index is 0.0573. The van der Waals surface area contributed by atoms with Gasteiger partial charge in [-0.15, -0.1) is 0 Å². The Morgan fingerprint density at radius 3 is 2.65 bits per heavy atom. The zero-order valence-electron chi connectivity index (χ0n) is 17.9. The number of aryl methyl sites for hydroxylation is 1. The van der Waals surface area contributed by atoms with Gasteiger partial charge in [0.15, 0.2) is 18.2 Å². The monoisotopic (exact) mass is 489 g/mol. The van der Waals surface area contributed by atoms with Gasteiger partial charge >= 0.3 is 6.18 Å². The molecule has 0 atom stereocenters. The smallest absolute Gasteiger partial charge is 0.416 e. The van der Waals surface area contributed by atoms with Gasteiger partial charge in [-0.3, -0.25) is 9.48 Å². The van der Waals surface area contributed by atoms with Crippen molar-refractivity contribution in [1.82, 2.24) is 19.6 Å². The fraction of sp³-hybridized carbons (Fsp3) is 0.174. The standard InChI is InChI=1S/C23H19ClF3N5O2/c1-15-11-21(30-32(15)13-16-5-4-6-17(12-16)23(25,26)27)28-22(33)19-9-10-31(29-19)14-34-20-8-3-2-7-18(20)24/h2-12H,13-14H2,1H3,(H,28,30,33). The summed E-state index contributed by atoms with van der Waals surface area (Å²) in [4.78, 5) is 12.6. The summed E-state index contributed by atoms with van der Waals surface area (Å²) >= 11 is 6.05. The molecule has 0 unspecified atom stereocenters. The van der Waals surface area contributed by atoms with Crippen molar-refractivity contribution >= 4 is 23.3 Å². The number of ether oxygens (including phenoxy) is 1. The van der Waals surface area contributed by atoms with Crippen LogP contribution < -0.4 is 10.1 Å². The summed E-state index contributed by atoms with van der Waals surface area (Å²) in [5.74, 6) is 0.268. The van der Waals surface area contributed by atoms with Crippen molar-refractivity contribution in [2.24, 2.45) is 0 Å². The summed E-state index contributed by atoms with van der Waals surface area (Å²) in [5.41, 5.74) is 0.535. The van der Waals surface area contributed by atoms with Gasteiger partial charge in [0.1, 0.15) is 5.75 Å². The van der Waals surface area contributed by atoms with Crippen LogP contribution in [0.3, 0.4) is 0 Å². The molecule has 1 amide bonds. The Kier molecular flexibility index (Phi) is 6.60. The lowest BCUT2D eigenvalue weighted by Gasteiger charge is -2.09. The van der Waals surface area contributed by atoms with Gasteiger partial charge in [0.05, 0.1) is 17.1 Å². The number of para-hydroxylation sites is 1. The number of aromatic nitrogens is 4. The van der Waals surface area contributed by atoms with Crippen molar-refractivity contribution in [1.29, 1.82) is 0 Å². The first-order valence-electron chi connectivity index (χ1n) is 10.1. The Labute approximate surface area is 197 Å². The highest BCUT2D eigenvalue weighted by molar-refractivity contribution is 6.32. The number of alkyl halides is 3. The molecule has 0 aliphatic carbocycles. The zero-order chi connectivity index (χ0) is 24.3. The molecule has 1 N–H and O–H groups in total. The molecule has 0 aliphatic rings. The minimum atomic E-state index is -4.42. The molecule has 0 saturated carbocycles. The van der Waals surface area contributed by atoms with E-state index >= 15 is 0 Å². The first-order chi connectivity index (χ1) is 16.2. The molecular formula is C23H19ClF3N5O2. The number of halogens is 4. The van der Waals surface area contributed by atoms with E-state index in [2.05, 4.69) is 15.5 Å². The third-order valence-corrected chi connectivity index (χ3v) is 5.18. The van der Waals surface area contributed by atoms with Crippen molar-refractivity contribution < 1.29 is 22.7 Å². The van der Waals surface area contributed by atoms with E-state index in [0.29, 0.717) is 22.0 Å². The largest absolute Gasteiger partial charge is 0.470 e. The molecule has 34 heavy (non-hydrogen) atoms. The Hall–Kier alpha value is -3.79. The number of amides is 1. The summed E-state index contributed by atoms with van der Waals surface area (Å²) < 4.78 is 47.4. The number of carbonyl (C=O) groups excluding carboxylic acids is 1. The molecule has 0 spiro atoms. The van der Waals surface area contributed by atoms with E-state index in [1.165, 1.54) is 21.5 Å². The predicted molar refractivity (Wildman–Crippen MR) is 120 cm³/mol. The highest BCUT2D eigenvalue weighted by Crippen LogP contribution is 2.29. The highest BCUT2D eigenvalue weighted by Gasteiger charge is 2.30. The van der Waals surface area contributed by atoms with Crippen molar-refractivity contribution in [2.75, 3.05) is 5.32 Å². The molecule has 176 valence electrons. The molecule has 2 heterocycles. The summed E-state index contributed by atoms with van der Waals surface area (Å²) in [5, 5.41) is 11.6. The maximum Gasteiger partial charge on any atom is 0.416 e. The van der Waals surface area contributed by atoms with Gasteiger partial charge in [-0.05, 0) is 42.8 Å². The van der Waals surface area contributed by atoms with Crippen LogP contribution in [0.2, 0.25) is 5.02 Å². The van der Waals surface area contributed by atoms with Crippen LogP contribution in [0.25, 0.3) is 0 Å². The topological polar surface area (TPSA) is 74.0 Å². The number of nitrogens with zero attached hydrogens (tertiary/aromatic N) is 4. The van der Waals surface area contributed by atoms with E-state index in [0.717, 1.165) is 12.1 Å². The SMILES string of the molecule is Cc1cc(NC(=O)c2ccn(COc3ccccc3Cl)n2)nn1Cc1cccc(C(F)(F)F)c1. The minimum Gasteiger partial charge on any atom is -0.470 e. The van der Waals surface area contributed by atoms with Gasteiger partial charge in [-0.2, -0.15) is 23.4 Å². The predicted octanol–water partition coefficient (Wildman–Crippen LogP) is 5.40. The maximum absolute atomic E-state index is 13.0. The molecule has 0 radical (unpaired) electrons. The van der Waals surface area contributed by atoms with Crippen LogP contribution in [0.4, 0.5) is 19.0 Å². The van der Waals surface area contributed by atoms with Crippen molar-refractivity contribution in [3.05, 3.63) is 94.4 Å². The van der Waals surface area contributed by atoms with Gasteiger partial charge in [0.2, 0.25) is 0 Å². The molecule has 4 aromatic rings. The van der Waals surface area contributed by atoms with E-state index in [-0.39, 0.29) is 24.8 Å². The molecule has 7 nitrogen and oxygen atoms in total. The first-order valence-corrected chi connectivity index (χ1v) is 10.5. The molecule has 2 aromatic heterocycles. The summed E-state index contributed by atoms with van der Waals surface area (Å²) in [7, 11) is 0. The summed E-state index contributed by atoms with van der Waals surface area (Å²) in [6.07, 6.45) is -2.83. The average molecular weight is 490 g/mol. The lowest BCUT2D eigenvalue weighted by Crippen LogP contribution is -2.15. The molecular weight excluding hydrogens is 471 g/mol. The van der Waals surface area contributed by atoms with Gasteiger partial charge < -0.3 is 10.1 Å². The molecule has 4 rings (SSSR count). The van der Waals surface area contributed by atoms with E-state index < -0.39 is 17.6 Å². The van der Waals surface area contributed by atoms with Crippen LogP contribution in [-0.4, -0.2) is 25.5 Å². The summed E-state index contributed by atoms with van der Waals surface area (Å²) in [6, 6.07) is 15.2. The molecule has 0 aliphatic heterocycles. The van der Waals surface area contributed by atoms with E-state index in [1.54, 1.807) is 49.5 Å². The van der Waals surface area contributed by atoms with Crippen molar-refractivity contribution in [2.45, 2.75) is 26.4 Å². The number of anilines is 1. The number of hydrogen-bond donors (Lipinski definition) is 1. The molecule has 0 saturated heterocycles. The van der Waals surface area contributed by atoms with Crippen molar-refractivity contribution in [3.8, 4) is 5.75 Å². The normalized spacial score (nSPS) is 11.4. The van der Waals surface area contributed by atoms with Crippen LogP contribution in [0.1, 0.15) is 27.3 Å². The maximum atomic E-state index is 13.0. The summed E-state index contributed by atoms with van der Waals surface area (Å²) in [6.45, 7) is 1.93. The lowest BCUT2D eigenvalue weighted by atomic mass is 10.1. The number of carbonyl (C=O) groups is 1. The Morgan fingerprint density at radius 2 is 1.88 bits per heavy atom. The number of benzene rings is 2. The highest BCUT2D eigenvalue weighted by atomic mass is 35.5. The van der Waals surface area contributed by atoms with E-state index in [4.69, 9.17) is 16.3 Å². The molecule has 0 fully saturated rings. The number of nitrogens with one attached hydrogen (secondary N) is 1. The van der Waals surface area contributed by atoms with E-state index in [1.807, 2.05) is 0 Å². The number of rotatable bonds is 7. The fourth-order valence-electron chi connectivity index (χ4n) is 3.18. The van der Waals surface area contributed by atoms with Crippen LogP contribution >= 0.6 is 11.6 Å². The van der Waals surface area contributed by atoms with Crippen LogP contribution in [-0.2, 0) is 19.5 Å². The zero-order valence-corrected chi connectivity index (χ0v) is 18.6. The van der Waals surface area contributed by atoms with Crippen LogP contribution in [0.15, 0.2) is 66.9 Å². The second-order valence-electron chi connectivity index (χ2n) is 7.43. The van der Waals surface area contributed by atoms with Crippen molar-refractivity contribution in [3.63, 3.8) is 0 Å². The average Bonchev–Trinajstić information content (AvgIpc) is 3.39. The Morgan fingerprint density at radius 1 is 1.09 bits per heavy atom. The van der Waals surface area contributed by atoms with E-state index in [9.17, 15) is 18.0 Å². The second-order valence-corrected chi connectivity index (χ2v) is 7.83. The Balaban J connectivity index is 1.39. The van der Waals surface area contributed by atoms with Crippen LogP contribution in [0.5, 0.6) is 5.75 Å². The van der Waals surface area contributed by atoms with Gasteiger partial charge in [0, 0.05) is 18.0 Å². The third-order valence-electron chi connectivity index (χ3n) is 4.87. The molecule has 2 aromatic carbocycles. The number of hydrogen-bond acceptors (Lipinski definition) is 4. The molecule has 0 bridgehead atoms. The molecule has 11 heteroatoms. The van der Waals surface area contributed by atoms with Gasteiger partial charge in [-0.1, -0.05) is 35.9 Å². The van der Waals surface area contributed by atoms with Crippen LogP contribution in [0, 0.1) is 6.92 Å². The third kappa shape index (κ3) is 5.57. The first kappa shape index (κ1) is 23.4. The van der Waals surface area contributed by atoms with Gasteiger partial charge in [-0.25, -0.2) is 4.68 Å². The fourth-order valence-corrected chi connectivity index (χ4v) is 3.37. The van der Waals surface area contributed by atoms with Gasteiger partial charge in [0.25, 0.3) is 5.91 Å². The lowest BCUT2D eigenvalue weighted by molar-refractivity contribution is -0.137.